The van der Waals surface area contributed by atoms with E-state index in [1.807, 2.05) is 12.1 Å². The third-order valence-corrected chi connectivity index (χ3v) is 3.97. The molecule has 1 aromatic carbocycles. The van der Waals surface area contributed by atoms with Crippen molar-refractivity contribution in [3.63, 3.8) is 0 Å². The van der Waals surface area contributed by atoms with E-state index < -0.39 is 29.5 Å². The van der Waals surface area contributed by atoms with Crippen molar-refractivity contribution in [1.29, 1.82) is 0 Å². The minimum atomic E-state index is -0.948. The molecule has 2 aromatic rings. The van der Waals surface area contributed by atoms with Crippen LogP contribution in [0.3, 0.4) is 0 Å². The van der Waals surface area contributed by atoms with Gasteiger partial charge in [0.15, 0.2) is 5.78 Å². The van der Waals surface area contributed by atoms with Gasteiger partial charge in [-0.05, 0) is 11.0 Å². The largest absolute Gasteiger partial charge is 0.365 e. The lowest BCUT2D eigenvalue weighted by Gasteiger charge is -2.19. The highest BCUT2D eigenvalue weighted by atomic mass is 16.2. The first-order valence-electron chi connectivity index (χ1n) is 7.76. The summed E-state index contributed by atoms with van der Waals surface area (Å²) in [6.07, 6.45) is 1.08. The maximum absolute atomic E-state index is 12.4. The smallest absolute Gasteiger partial charge is 0.331 e. The molecular weight excluding hydrogens is 322 g/mol. The zero-order valence-corrected chi connectivity index (χ0v) is 14.7. The van der Waals surface area contributed by atoms with Crippen molar-refractivity contribution in [1.82, 2.24) is 9.13 Å². The summed E-state index contributed by atoms with van der Waals surface area (Å²) in [6, 6.07) is 7.01. The van der Waals surface area contributed by atoms with Gasteiger partial charge in [-0.25, -0.2) is 4.79 Å². The highest BCUT2D eigenvalue weighted by molar-refractivity contribution is 5.96. The van der Waals surface area contributed by atoms with Gasteiger partial charge in [0.2, 0.25) is 0 Å². The van der Waals surface area contributed by atoms with Gasteiger partial charge in [-0.15, -0.1) is 0 Å². The van der Waals surface area contributed by atoms with Gasteiger partial charge in [-0.2, -0.15) is 0 Å². The quantitative estimate of drug-likeness (QED) is 0.830. The van der Waals surface area contributed by atoms with Gasteiger partial charge in [-0.3, -0.25) is 19.0 Å². The number of ketones is 1. The monoisotopic (exact) mass is 343 g/mol. The molecule has 0 aliphatic carbocycles. The van der Waals surface area contributed by atoms with Crippen LogP contribution < -0.4 is 17.0 Å². The van der Waals surface area contributed by atoms with Gasteiger partial charge < -0.3 is 10.3 Å². The van der Waals surface area contributed by atoms with Crippen LogP contribution in [0.5, 0.6) is 0 Å². The number of hydrogen-bond acceptors (Lipinski definition) is 4. The Kier molecular flexibility index (Phi) is 4.78. The molecule has 1 amide bonds. The molecule has 0 atom stereocenters. The summed E-state index contributed by atoms with van der Waals surface area (Å²) in [5, 5.41) is 0. The zero-order chi connectivity index (χ0) is 18.9. The number of benzene rings is 1. The molecule has 0 saturated carbocycles. The Morgan fingerprint density at radius 1 is 1.08 bits per heavy atom. The summed E-state index contributed by atoms with van der Waals surface area (Å²) >= 11 is 0. The third kappa shape index (κ3) is 3.76. The second kappa shape index (κ2) is 6.51. The molecular formula is C18H21N3O4. The van der Waals surface area contributed by atoms with Gasteiger partial charge in [0.05, 0.1) is 6.54 Å². The normalized spacial score (nSPS) is 11.4. The van der Waals surface area contributed by atoms with Crippen molar-refractivity contribution in [2.24, 2.45) is 12.8 Å². The van der Waals surface area contributed by atoms with Crippen LogP contribution in [0.1, 0.15) is 47.1 Å². The number of primary amides is 1. The molecule has 0 unspecified atom stereocenters. The Bertz CT molecular complexity index is 944. The van der Waals surface area contributed by atoms with Crippen LogP contribution in [0.4, 0.5) is 0 Å². The Labute approximate surface area is 144 Å². The summed E-state index contributed by atoms with van der Waals surface area (Å²) in [4.78, 5) is 48.2. The van der Waals surface area contributed by atoms with E-state index in [-0.39, 0.29) is 11.0 Å². The average Bonchev–Trinajstić information content (AvgIpc) is 2.53. The fourth-order valence-corrected chi connectivity index (χ4v) is 2.43. The van der Waals surface area contributed by atoms with Crippen molar-refractivity contribution in [2.75, 3.05) is 0 Å². The van der Waals surface area contributed by atoms with E-state index in [1.54, 1.807) is 12.1 Å². The van der Waals surface area contributed by atoms with Crippen LogP contribution in [-0.2, 0) is 19.0 Å². The number of amides is 1. The number of nitrogens with two attached hydrogens (primary N) is 1. The minimum absolute atomic E-state index is 0.0513. The lowest BCUT2D eigenvalue weighted by molar-refractivity contribution is 0.0960. The first-order valence-corrected chi connectivity index (χ1v) is 7.76. The zero-order valence-electron chi connectivity index (χ0n) is 14.7. The van der Waals surface area contributed by atoms with E-state index in [4.69, 9.17) is 5.73 Å². The van der Waals surface area contributed by atoms with Crippen molar-refractivity contribution in [2.45, 2.75) is 32.7 Å². The molecule has 25 heavy (non-hydrogen) atoms. The first-order chi connectivity index (χ1) is 11.5. The average molecular weight is 343 g/mol. The standard InChI is InChI=1S/C18H21N3O4/c1-18(2,3)12-7-5-11(6-8-12)14(22)10-21-16(24)13(15(19)23)9-20(4)17(21)25/h5-9H,10H2,1-4H3,(H2,19,23). The summed E-state index contributed by atoms with van der Waals surface area (Å²) in [7, 11) is 1.38. The van der Waals surface area contributed by atoms with Crippen molar-refractivity contribution in [3.05, 3.63) is 68.0 Å². The molecule has 7 heteroatoms. The van der Waals surface area contributed by atoms with Gasteiger partial charge >= 0.3 is 5.69 Å². The highest BCUT2D eigenvalue weighted by Crippen LogP contribution is 2.22. The molecule has 0 saturated heterocycles. The molecule has 0 aliphatic heterocycles. The van der Waals surface area contributed by atoms with E-state index in [0.29, 0.717) is 5.56 Å². The number of rotatable bonds is 4. The van der Waals surface area contributed by atoms with E-state index in [0.717, 1.165) is 20.9 Å². The topological polar surface area (TPSA) is 104 Å². The van der Waals surface area contributed by atoms with E-state index in [2.05, 4.69) is 20.8 Å². The molecule has 0 radical (unpaired) electrons. The molecule has 1 aromatic heterocycles. The molecule has 2 N–H and O–H groups in total. The molecule has 0 spiro atoms. The fourth-order valence-electron chi connectivity index (χ4n) is 2.43. The molecule has 7 nitrogen and oxygen atoms in total. The predicted octanol–water partition coefficient (Wildman–Crippen LogP) is 0.826. The van der Waals surface area contributed by atoms with Crippen molar-refractivity contribution >= 4 is 11.7 Å². The number of carbonyl (C=O) groups is 2. The molecule has 132 valence electrons. The maximum atomic E-state index is 12.4. The van der Waals surface area contributed by atoms with E-state index in [9.17, 15) is 19.2 Å². The fraction of sp³-hybridized carbons (Fsp3) is 0.333. The lowest BCUT2D eigenvalue weighted by atomic mass is 9.86. The van der Waals surface area contributed by atoms with Crippen molar-refractivity contribution < 1.29 is 9.59 Å². The predicted molar refractivity (Wildman–Crippen MR) is 93.9 cm³/mol. The molecule has 0 aliphatic rings. The van der Waals surface area contributed by atoms with Crippen LogP contribution in [0.15, 0.2) is 40.1 Å². The second-order valence-electron chi connectivity index (χ2n) is 6.94. The summed E-state index contributed by atoms with van der Waals surface area (Å²) in [5.41, 5.74) is 4.66. The summed E-state index contributed by atoms with van der Waals surface area (Å²) < 4.78 is 1.78. The minimum Gasteiger partial charge on any atom is -0.365 e. The van der Waals surface area contributed by atoms with Crippen LogP contribution in [-0.4, -0.2) is 20.8 Å². The number of hydrogen-bond donors (Lipinski definition) is 1. The Balaban J connectivity index is 2.40. The molecule has 0 fully saturated rings. The van der Waals surface area contributed by atoms with Crippen molar-refractivity contribution in [3.8, 4) is 0 Å². The Morgan fingerprint density at radius 3 is 2.12 bits per heavy atom. The summed E-state index contributed by atoms with van der Waals surface area (Å²) in [5.74, 6) is -1.35. The van der Waals surface area contributed by atoms with Gasteiger partial charge in [0.1, 0.15) is 5.56 Å². The number of carbonyl (C=O) groups excluding carboxylic acids is 2. The Morgan fingerprint density at radius 2 is 1.64 bits per heavy atom. The van der Waals surface area contributed by atoms with Gasteiger partial charge in [-0.1, -0.05) is 45.0 Å². The Hall–Kier alpha value is -2.96. The van der Waals surface area contributed by atoms with Crippen LogP contribution >= 0.6 is 0 Å². The highest BCUT2D eigenvalue weighted by Gasteiger charge is 2.18. The number of aryl methyl sites for hydroxylation is 1. The van der Waals surface area contributed by atoms with Gasteiger partial charge in [0.25, 0.3) is 11.5 Å². The lowest BCUT2D eigenvalue weighted by Crippen LogP contribution is -2.43. The van der Waals surface area contributed by atoms with E-state index >= 15 is 0 Å². The van der Waals surface area contributed by atoms with Gasteiger partial charge in [0, 0.05) is 18.8 Å². The van der Waals surface area contributed by atoms with Crippen LogP contribution in [0.25, 0.3) is 0 Å². The number of aromatic nitrogens is 2. The molecule has 2 rings (SSSR count). The molecule has 0 bridgehead atoms. The molecule has 1 heterocycles. The first kappa shape index (κ1) is 18.4. The number of Topliss-reactive ketones (excluding diaryl/α,β-unsaturated/α-hetero) is 1. The third-order valence-electron chi connectivity index (χ3n) is 3.97. The van der Waals surface area contributed by atoms with Crippen LogP contribution in [0.2, 0.25) is 0 Å². The van der Waals surface area contributed by atoms with Crippen LogP contribution in [0, 0.1) is 0 Å². The maximum Gasteiger partial charge on any atom is 0.331 e. The summed E-state index contributed by atoms with van der Waals surface area (Å²) in [6.45, 7) is 5.72. The SMILES string of the molecule is Cn1cc(C(N)=O)c(=O)n(CC(=O)c2ccc(C(C)(C)C)cc2)c1=O. The second-order valence-corrected chi connectivity index (χ2v) is 6.94. The number of nitrogens with zero attached hydrogens (tertiary/aromatic N) is 2. The van der Waals surface area contributed by atoms with E-state index in [1.165, 1.54) is 7.05 Å².